The van der Waals surface area contributed by atoms with Crippen LogP contribution in [0.4, 0.5) is 13.2 Å². The van der Waals surface area contributed by atoms with E-state index in [0.717, 1.165) is 40.4 Å². The van der Waals surface area contributed by atoms with E-state index in [1.807, 2.05) is 11.6 Å². The molecule has 0 bridgehead atoms. The molecule has 4 rings (SSSR count). The van der Waals surface area contributed by atoms with Gasteiger partial charge in [-0.25, -0.2) is 17.8 Å². The van der Waals surface area contributed by atoms with Gasteiger partial charge in [0.25, 0.3) is 22.2 Å². The molecular weight excluding hydrogens is 597 g/mol. The Hall–Kier alpha value is -4.67. The van der Waals surface area contributed by atoms with Crippen molar-refractivity contribution in [3.05, 3.63) is 71.1 Å². The van der Waals surface area contributed by atoms with Gasteiger partial charge >= 0.3 is 12.1 Å². The zero-order chi connectivity index (χ0) is 31.5. The highest BCUT2D eigenvalue weighted by Gasteiger charge is 2.39. The summed E-state index contributed by atoms with van der Waals surface area (Å²) in [6.45, 7) is 4.35. The highest BCUT2D eigenvalue weighted by molar-refractivity contribution is 7.90. The third kappa shape index (κ3) is 7.40. The molecule has 1 aliphatic rings. The van der Waals surface area contributed by atoms with Crippen molar-refractivity contribution in [2.24, 2.45) is 5.28 Å². The minimum absolute atomic E-state index is 0.0242. The summed E-state index contributed by atoms with van der Waals surface area (Å²) in [5.41, 5.74) is 0.520. The maximum absolute atomic E-state index is 13.5. The van der Waals surface area contributed by atoms with Crippen LogP contribution in [0.2, 0.25) is 0 Å². The second kappa shape index (κ2) is 12.3. The molecule has 0 spiro atoms. The summed E-state index contributed by atoms with van der Waals surface area (Å²) in [5, 5.41) is 20.3. The maximum Gasteiger partial charge on any atom is 0.435 e. The van der Waals surface area contributed by atoms with Crippen molar-refractivity contribution < 1.29 is 45.7 Å². The van der Waals surface area contributed by atoms with Crippen LogP contribution in [-0.2, 0) is 35.4 Å². The lowest BCUT2D eigenvalue weighted by molar-refractivity contribution is -0.713. The molecule has 1 unspecified atom stereocenters. The van der Waals surface area contributed by atoms with E-state index >= 15 is 0 Å². The fourth-order valence-corrected chi connectivity index (χ4v) is 5.32. The van der Waals surface area contributed by atoms with E-state index in [-0.39, 0.29) is 34.2 Å². The number of nitrogens with one attached hydrogen (secondary N) is 1. The number of carbonyl (C=O) groups excluding carboxylic acids is 2. The summed E-state index contributed by atoms with van der Waals surface area (Å²) < 4.78 is 74.1. The summed E-state index contributed by atoms with van der Waals surface area (Å²) in [6, 6.07) is 11.2. The topological polar surface area (TPSA) is 158 Å². The molecule has 1 aromatic heterocycles. The SMILES string of the molecule is CC(=O)OC(C)O/N=[N+](\[O-])N1CCC[C@H]1C(=O)NS(=O)(=O)c1ccc(-n2nc(C(F)(F)F)cc2-c2ccc(C)cc2)cc1. The second-order valence-corrected chi connectivity index (χ2v) is 11.3. The van der Waals surface area contributed by atoms with Crippen LogP contribution in [0.1, 0.15) is 37.9 Å². The fraction of sp³-hybridized carbons (Fsp3) is 0.346. The largest absolute Gasteiger partial charge is 0.569 e. The predicted octanol–water partition coefficient (Wildman–Crippen LogP) is 3.85. The predicted molar refractivity (Wildman–Crippen MR) is 142 cm³/mol. The Bertz CT molecular complexity index is 1620. The molecule has 230 valence electrons. The van der Waals surface area contributed by atoms with E-state index in [1.165, 1.54) is 19.1 Å². The van der Waals surface area contributed by atoms with Gasteiger partial charge < -0.3 is 9.94 Å². The van der Waals surface area contributed by atoms with E-state index in [1.54, 1.807) is 24.3 Å². The monoisotopic (exact) mass is 624 g/mol. The number of benzene rings is 2. The number of aromatic nitrogens is 2. The normalized spacial score (nSPS) is 16.6. The summed E-state index contributed by atoms with van der Waals surface area (Å²) >= 11 is 0. The molecule has 43 heavy (non-hydrogen) atoms. The summed E-state index contributed by atoms with van der Waals surface area (Å²) in [7, 11) is -4.45. The average Bonchev–Trinajstić information content (AvgIpc) is 3.60. The van der Waals surface area contributed by atoms with E-state index in [9.17, 15) is 36.4 Å². The standard InChI is InChI=1S/C26H27F3N6O7S/c1-16-6-8-19(9-7-16)23-15-24(26(27,28)29)30-34(23)20-10-12-21(13-11-20)43(39,40)31-25(37)22-5-4-14-33(22)35(38)32-42-18(3)41-17(2)36/h6-13,15,18,22H,4-5,14H2,1-3H3,(H,31,37)/b35-32-/t18?,22-/m0/s1. The Morgan fingerprint density at radius 1 is 1.16 bits per heavy atom. The fourth-order valence-electron chi connectivity index (χ4n) is 4.30. The number of amides is 1. The Morgan fingerprint density at radius 2 is 1.81 bits per heavy atom. The molecular formula is C26H27F3N6O7S. The van der Waals surface area contributed by atoms with Crippen LogP contribution < -0.4 is 4.72 Å². The molecule has 13 nitrogen and oxygen atoms in total. The van der Waals surface area contributed by atoms with Crippen LogP contribution in [0.25, 0.3) is 16.9 Å². The molecule has 1 N–H and O–H groups in total. The van der Waals surface area contributed by atoms with Crippen molar-refractivity contribution in [2.75, 3.05) is 6.54 Å². The van der Waals surface area contributed by atoms with Gasteiger partial charge in [0.2, 0.25) is 5.28 Å². The van der Waals surface area contributed by atoms with Crippen molar-refractivity contribution in [3.8, 4) is 16.9 Å². The summed E-state index contributed by atoms with van der Waals surface area (Å²) in [5.74, 6) is -1.67. The molecule has 17 heteroatoms. The molecule has 1 saturated heterocycles. The van der Waals surface area contributed by atoms with Gasteiger partial charge in [-0.2, -0.15) is 18.3 Å². The number of rotatable bonds is 9. The van der Waals surface area contributed by atoms with Gasteiger partial charge in [-0.05, 0) is 50.1 Å². The van der Waals surface area contributed by atoms with Crippen molar-refractivity contribution in [1.29, 1.82) is 0 Å². The number of halogens is 3. The smallest absolute Gasteiger partial charge is 0.435 e. The second-order valence-electron chi connectivity index (χ2n) is 9.59. The van der Waals surface area contributed by atoms with Crippen LogP contribution >= 0.6 is 0 Å². The minimum atomic E-state index is -4.72. The minimum Gasteiger partial charge on any atom is -0.569 e. The first-order valence-electron chi connectivity index (χ1n) is 12.8. The van der Waals surface area contributed by atoms with Gasteiger partial charge in [0, 0.05) is 19.4 Å². The number of hydrogen-bond donors (Lipinski definition) is 1. The zero-order valence-electron chi connectivity index (χ0n) is 23.1. The number of esters is 1. The van der Waals surface area contributed by atoms with Gasteiger partial charge in [-0.1, -0.05) is 29.8 Å². The van der Waals surface area contributed by atoms with E-state index < -0.39 is 46.1 Å². The maximum atomic E-state index is 13.5. The highest BCUT2D eigenvalue weighted by atomic mass is 32.2. The van der Waals surface area contributed by atoms with E-state index in [0.29, 0.717) is 12.0 Å². The first-order valence-corrected chi connectivity index (χ1v) is 14.3. The molecule has 2 heterocycles. The van der Waals surface area contributed by atoms with Crippen molar-refractivity contribution in [1.82, 2.24) is 19.5 Å². The Labute approximate surface area is 244 Å². The number of hydrogen-bond acceptors (Lipinski definition) is 9. The highest BCUT2D eigenvalue weighted by Crippen LogP contribution is 2.33. The molecule has 3 aromatic rings. The van der Waals surface area contributed by atoms with Gasteiger partial charge in [0.15, 0.2) is 11.7 Å². The third-order valence-electron chi connectivity index (χ3n) is 6.32. The van der Waals surface area contributed by atoms with Gasteiger partial charge in [0.1, 0.15) is 0 Å². The first kappa shape index (κ1) is 31.3. The molecule has 2 atom stereocenters. The number of ether oxygens (including phenoxy) is 1. The number of alkyl halides is 3. The molecule has 0 radical (unpaired) electrons. The van der Waals surface area contributed by atoms with Crippen molar-refractivity contribution in [2.45, 2.75) is 57.0 Å². The molecule has 1 amide bonds. The van der Waals surface area contributed by atoms with E-state index in [4.69, 9.17) is 4.84 Å². The lowest BCUT2D eigenvalue weighted by atomic mass is 10.1. The van der Waals surface area contributed by atoms with E-state index in [2.05, 4.69) is 15.1 Å². The number of aryl methyl sites for hydroxylation is 1. The van der Waals surface area contributed by atoms with Crippen LogP contribution in [0, 0.1) is 12.1 Å². The van der Waals surface area contributed by atoms with Crippen molar-refractivity contribution >= 4 is 21.9 Å². The number of hydrazine groups is 1. The third-order valence-corrected chi connectivity index (χ3v) is 7.68. The lowest BCUT2D eigenvalue weighted by Gasteiger charge is -2.20. The zero-order valence-corrected chi connectivity index (χ0v) is 23.9. The quantitative estimate of drug-likeness (QED) is 0.123. The number of carbonyl (C=O) groups is 2. The summed E-state index contributed by atoms with van der Waals surface area (Å²) in [4.78, 5) is 28.2. The number of sulfonamides is 1. The van der Waals surface area contributed by atoms with Crippen LogP contribution in [-0.4, -0.2) is 58.9 Å². The first-order chi connectivity index (χ1) is 20.2. The number of nitrogens with zero attached hydrogens (tertiary/aromatic N) is 5. The average molecular weight is 625 g/mol. The molecule has 0 saturated carbocycles. The summed E-state index contributed by atoms with van der Waals surface area (Å²) in [6.07, 6.45) is -5.39. The van der Waals surface area contributed by atoms with Gasteiger partial charge in [0.05, 0.1) is 27.8 Å². The molecule has 1 fully saturated rings. The molecule has 2 aromatic carbocycles. The van der Waals surface area contributed by atoms with Gasteiger partial charge in [-0.3, -0.25) is 14.4 Å². The van der Waals surface area contributed by atoms with Crippen LogP contribution in [0.5, 0.6) is 0 Å². The van der Waals surface area contributed by atoms with Gasteiger partial charge in [-0.15, -0.1) is 5.01 Å². The van der Waals surface area contributed by atoms with Crippen LogP contribution in [0.3, 0.4) is 0 Å². The Morgan fingerprint density at radius 3 is 2.42 bits per heavy atom. The van der Waals surface area contributed by atoms with Crippen LogP contribution in [0.15, 0.2) is 64.8 Å². The van der Waals surface area contributed by atoms with Crippen molar-refractivity contribution in [3.63, 3.8) is 0 Å². The Balaban J connectivity index is 1.52. The lowest BCUT2D eigenvalue weighted by Crippen LogP contribution is -2.47. The Kier molecular flexibility index (Phi) is 8.93. The molecule has 0 aliphatic carbocycles. The molecule has 1 aliphatic heterocycles.